The highest BCUT2D eigenvalue weighted by atomic mass is 19.1. The number of carboxylic acid groups (broad SMARTS) is 1. The zero-order valence-electron chi connectivity index (χ0n) is 15.5. The van der Waals surface area contributed by atoms with Crippen molar-refractivity contribution in [3.05, 3.63) is 66.0 Å². The summed E-state index contributed by atoms with van der Waals surface area (Å²) in [6.45, 7) is 0.389. The Labute approximate surface area is 166 Å². The average Bonchev–Trinajstić information content (AvgIpc) is 3.20. The molecule has 1 aliphatic rings. The van der Waals surface area contributed by atoms with E-state index in [1.165, 1.54) is 22.9 Å². The largest absolute Gasteiger partial charge is 0.481 e. The zero-order valence-corrected chi connectivity index (χ0v) is 15.5. The topological polar surface area (TPSA) is 104 Å². The summed E-state index contributed by atoms with van der Waals surface area (Å²) in [5.41, 5.74) is -0.264. The van der Waals surface area contributed by atoms with Gasteiger partial charge in [0, 0.05) is 13.1 Å². The second-order valence-corrected chi connectivity index (χ2v) is 7.22. The summed E-state index contributed by atoms with van der Waals surface area (Å²) in [4.78, 5) is 14.1. The molecule has 2 atom stereocenters. The number of para-hydroxylation sites is 1. The molecule has 3 aromatic rings. The highest BCUT2D eigenvalue weighted by Crippen LogP contribution is 2.36. The minimum atomic E-state index is -1.51. The van der Waals surface area contributed by atoms with Gasteiger partial charge in [-0.2, -0.15) is 4.68 Å². The Morgan fingerprint density at radius 2 is 2.00 bits per heavy atom. The van der Waals surface area contributed by atoms with Gasteiger partial charge in [0.1, 0.15) is 11.2 Å². The van der Waals surface area contributed by atoms with Gasteiger partial charge >= 0.3 is 5.97 Å². The molecule has 2 aromatic carbocycles. The van der Waals surface area contributed by atoms with E-state index in [1.54, 1.807) is 11.0 Å². The van der Waals surface area contributed by atoms with Crippen molar-refractivity contribution in [1.29, 1.82) is 0 Å². The number of hydrogen-bond acceptors (Lipinski definition) is 6. The van der Waals surface area contributed by atoms with Crippen molar-refractivity contribution in [1.82, 2.24) is 20.2 Å². The predicted molar refractivity (Wildman–Crippen MR) is 102 cm³/mol. The fourth-order valence-electron chi connectivity index (χ4n) is 3.84. The Bertz CT molecular complexity index is 1010. The number of benzene rings is 2. The molecule has 2 N–H and O–H groups in total. The van der Waals surface area contributed by atoms with Crippen molar-refractivity contribution in [3.8, 4) is 5.69 Å². The molecule has 8 nitrogen and oxygen atoms in total. The van der Waals surface area contributed by atoms with Crippen molar-refractivity contribution < 1.29 is 19.4 Å². The molecule has 150 valence electrons. The number of aliphatic hydroxyl groups excluding tert-OH is 1. The quantitative estimate of drug-likeness (QED) is 0.675. The van der Waals surface area contributed by atoms with Crippen molar-refractivity contribution in [2.75, 3.05) is 18.0 Å². The van der Waals surface area contributed by atoms with Crippen LogP contribution in [0.1, 0.15) is 12.0 Å². The van der Waals surface area contributed by atoms with Crippen LogP contribution in [0, 0.1) is 11.2 Å². The molecular weight excluding hydrogens is 377 g/mol. The van der Waals surface area contributed by atoms with Crippen molar-refractivity contribution >= 4 is 11.9 Å². The standard InChI is InChI=1S/C20H20FN5O3/c21-15-6-4-5-14(11-15)12-20(18(28)29)13-25(10-9-17(20)27)19-22-23-24-26(19)16-7-2-1-3-8-16/h1-8,11,17,27H,9-10,12-13H2,(H,28,29)/t17-,20-/m1/s1. The summed E-state index contributed by atoms with van der Waals surface area (Å²) in [6.07, 6.45) is -0.867. The first-order valence-corrected chi connectivity index (χ1v) is 9.24. The maximum Gasteiger partial charge on any atom is 0.314 e. The smallest absolute Gasteiger partial charge is 0.314 e. The first-order valence-electron chi connectivity index (χ1n) is 9.24. The molecule has 0 unspecified atom stereocenters. The van der Waals surface area contributed by atoms with Crippen molar-refractivity contribution in [3.63, 3.8) is 0 Å². The van der Waals surface area contributed by atoms with Gasteiger partial charge < -0.3 is 15.1 Å². The number of aliphatic hydroxyl groups is 1. The number of tetrazole rings is 1. The van der Waals surface area contributed by atoms with Crippen LogP contribution >= 0.6 is 0 Å². The third-order valence-electron chi connectivity index (χ3n) is 5.35. The molecule has 1 aliphatic heterocycles. The minimum absolute atomic E-state index is 0.00673. The molecule has 29 heavy (non-hydrogen) atoms. The number of nitrogens with zero attached hydrogens (tertiary/aromatic N) is 5. The Hall–Kier alpha value is -3.33. The van der Waals surface area contributed by atoms with Gasteiger partial charge in [-0.05, 0) is 53.1 Å². The van der Waals surface area contributed by atoms with E-state index in [2.05, 4.69) is 15.5 Å². The zero-order chi connectivity index (χ0) is 20.4. The number of halogens is 1. The van der Waals surface area contributed by atoms with E-state index in [0.717, 1.165) is 5.69 Å². The van der Waals surface area contributed by atoms with Gasteiger partial charge in [0.05, 0.1) is 11.8 Å². The first-order chi connectivity index (χ1) is 14.0. The third kappa shape index (κ3) is 3.56. The molecule has 0 amide bonds. The maximum absolute atomic E-state index is 13.6. The summed E-state index contributed by atoms with van der Waals surface area (Å²) in [5, 5.41) is 32.6. The van der Waals surface area contributed by atoms with Crippen LogP contribution in [0.25, 0.3) is 5.69 Å². The number of anilines is 1. The summed E-state index contributed by atoms with van der Waals surface area (Å²) in [5.74, 6) is -1.19. The van der Waals surface area contributed by atoms with Crippen LogP contribution in [0.2, 0.25) is 0 Å². The lowest BCUT2D eigenvalue weighted by molar-refractivity contribution is -0.157. The lowest BCUT2D eigenvalue weighted by atomic mass is 9.73. The number of rotatable bonds is 5. The predicted octanol–water partition coefficient (Wildman–Crippen LogP) is 1.69. The monoisotopic (exact) mass is 397 g/mol. The van der Waals surface area contributed by atoms with Crippen LogP contribution in [0.5, 0.6) is 0 Å². The SMILES string of the molecule is O=C(O)[C@]1(Cc2cccc(F)c2)CN(c2nnnn2-c2ccccc2)CC[C@H]1O. The molecule has 0 spiro atoms. The number of carbonyl (C=O) groups is 1. The molecule has 9 heteroatoms. The lowest BCUT2D eigenvalue weighted by Crippen LogP contribution is -2.57. The van der Waals surface area contributed by atoms with Crippen LogP contribution in [-0.2, 0) is 11.2 Å². The number of piperidine rings is 1. The maximum atomic E-state index is 13.6. The summed E-state index contributed by atoms with van der Waals surface area (Å²) in [7, 11) is 0. The normalized spacial score (nSPS) is 21.9. The van der Waals surface area contributed by atoms with Crippen LogP contribution in [-0.4, -0.2) is 55.6 Å². The summed E-state index contributed by atoms with van der Waals surface area (Å²) >= 11 is 0. The van der Waals surface area contributed by atoms with E-state index in [4.69, 9.17) is 0 Å². The van der Waals surface area contributed by atoms with Crippen LogP contribution in [0.3, 0.4) is 0 Å². The molecule has 0 radical (unpaired) electrons. The Morgan fingerprint density at radius 1 is 1.21 bits per heavy atom. The molecule has 1 fully saturated rings. The van der Waals surface area contributed by atoms with E-state index in [-0.39, 0.29) is 19.4 Å². The van der Waals surface area contributed by atoms with Crippen molar-refractivity contribution in [2.45, 2.75) is 18.9 Å². The fraction of sp³-hybridized carbons (Fsp3) is 0.300. The van der Waals surface area contributed by atoms with Crippen molar-refractivity contribution in [2.24, 2.45) is 5.41 Å². The number of aliphatic carboxylic acids is 1. The molecule has 4 rings (SSSR count). The van der Waals surface area contributed by atoms with Gasteiger partial charge in [0.2, 0.25) is 5.95 Å². The van der Waals surface area contributed by atoms with Gasteiger partial charge in [-0.3, -0.25) is 4.79 Å². The third-order valence-corrected chi connectivity index (χ3v) is 5.35. The molecule has 0 aliphatic carbocycles. The van der Waals surface area contributed by atoms with Crippen LogP contribution in [0.4, 0.5) is 10.3 Å². The Balaban J connectivity index is 1.69. The van der Waals surface area contributed by atoms with Gasteiger partial charge in [0.15, 0.2) is 0 Å². The van der Waals surface area contributed by atoms with Gasteiger partial charge in [-0.1, -0.05) is 35.4 Å². The first kappa shape index (κ1) is 19.0. The Kier molecular flexibility index (Phi) is 4.98. The molecule has 0 bridgehead atoms. The molecule has 2 heterocycles. The average molecular weight is 397 g/mol. The summed E-state index contributed by atoms with van der Waals surface area (Å²) in [6, 6.07) is 15.1. The fourth-order valence-corrected chi connectivity index (χ4v) is 3.84. The lowest BCUT2D eigenvalue weighted by Gasteiger charge is -2.43. The van der Waals surface area contributed by atoms with E-state index >= 15 is 0 Å². The molecule has 1 saturated heterocycles. The minimum Gasteiger partial charge on any atom is -0.481 e. The number of hydrogen-bond donors (Lipinski definition) is 2. The molecular formula is C20H20FN5O3. The van der Waals surface area contributed by atoms with Crippen LogP contribution < -0.4 is 4.90 Å². The Morgan fingerprint density at radius 3 is 2.72 bits per heavy atom. The van der Waals surface area contributed by atoms with E-state index in [9.17, 15) is 19.4 Å². The van der Waals surface area contributed by atoms with E-state index in [0.29, 0.717) is 18.1 Å². The second-order valence-electron chi connectivity index (χ2n) is 7.22. The van der Waals surface area contributed by atoms with Crippen LogP contribution in [0.15, 0.2) is 54.6 Å². The van der Waals surface area contributed by atoms with Gasteiger partial charge in [-0.15, -0.1) is 0 Å². The number of aromatic nitrogens is 4. The molecule has 0 saturated carbocycles. The summed E-state index contributed by atoms with van der Waals surface area (Å²) < 4.78 is 15.2. The second kappa shape index (κ2) is 7.59. The van der Waals surface area contributed by atoms with Gasteiger partial charge in [0.25, 0.3) is 0 Å². The highest BCUT2D eigenvalue weighted by molar-refractivity contribution is 5.77. The van der Waals surface area contributed by atoms with E-state index in [1.807, 2.05) is 30.3 Å². The number of carboxylic acids is 1. The van der Waals surface area contributed by atoms with E-state index < -0.39 is 23.3 Å². The van der Waals surface area contributed by atoms with Gasteiger partial charge in [-0.25, -0.2) is 4.39 Å². The molecule has 1 aromatic heterocycles. The highest BCUT2D eigenvalue weighted by Gasteiger charge is 2.50.